The number of allylic oxidation sites excluding steroid dienone is 1. The second-order valence-electron chi connectivity index (χ2n) is 6.03. The Morgan fingerprint density at radius 2 is 2.37 bits per heavy atom. The van der Waals surface area contributed by atoms with Crippen molar-refractivity contribution in [3.8, 4) is 0 Å². The quantitative estimate of drug-likeness (QED) is 0.775. The van der Waals surface area contributed by atoms with Gasteiger partial charge in [0.05, 0.1) is 6.10 Å². The Kier molecular flexibility index (Phi) is 4.24. The van der Waals surface area contributed by atoms with Crippen LogP contribution in [0.15, 0.2) is 12.7 Å². The Hall–Kier alpha value is -1.36. The number of ether oxygens (including phenoxy) is 1. The Bertz CT molecular complexity index is 427. The predicted octanol–water partition coefficient (Wildman–Crippen LogP) is 2.71. The van der Waals surface area contributed by atoms with Gasteiger partial charge < -0.3 is 10.1 Å². The Morgan fingerprint density at radius 1 is 1.58 bits per heavy atom. The van der Waals surface area contributed by atoms with Gasteiger partial charge in [-0.3, -0.25) is 5.10 Å². The summed E-state index contributed by atoms with van der Waals surface area (Å²) in [7, 11) is 0. The van der Waals surface area contributed by atoms with Crippen molar-refractivity contribution in [3.63, 3.8) is 0 Å². The summed E-state index contributed by atoms with van der Waals surface area (Å²) in [5, 5.41) is 10.5. The molecule has 1 aliphatic heterocycles. The van der Waals surface area contributed by atoms with Crippen LogP contribution < -0.4 is 5.32 Å². The van der Waals surface area contributed by atoms with Gasteiger partial charge in [-0.05, 0) is 25.2 Å². The lowest BCUT2D eigenvalue weighted by Crippen LogP contribution is -2.22. The van der Waals surface area contributed by atoms with E-state index >= 15 is 0 Å². The fourth-order valence-electron chi connectivity index (χ4n) is 2.39. The maximum absolute atomic E-state index is 5.56. The molecule has 2 unspecified atom stereocenters. The minimum absolute atomic E-state index is 0.159. The Labute approximate surface area is 114 Å². The van der Waals surface area contributed by atoms with E-state index in [1.54, 1.807) is 0 Å². The monoisotopic (exact) mass is 264 g/mol. The molecule has 1 fully saturated rings. The molecule has 0 bridgehead atoms. The molecule has 1 aromatic heterocycles. The van der Waals surface area contributed by atoms with Crippen LogP contribution in [-0.4, -0.2) is 34.4 Å². The summed E-state index contributed by atoms with van der Waals surface area (Å²) in [6.07, 6.45) is 4.14. The number of nitrogens with one attached hydrogen (secondary N) is 2. The first-order valence-electron chi connectivity index (χ1n) is 6.90. The van der Waals surface area contributed by atoms with Crippen molar-refractivity contribution >= 4 is 5.95 Å². The number of nitrogens with zero attached hydrogens (tertiary/aromatic N) is 2. The van der Waals surface area contributed by atoms with Crippen LogP contribution >= 0.6 is 0 Å². The summed E-state index contributed by atoms with van der Waals surface area (Å²) in [6, 6.07) is 0. The first-order chi connectivity index (χ1) is 9.02. The summed E-state index contributed by atoms with van der Waals surface area (Å²) in [6.45, 7) is 11.9. The van der Waals surface area contributed by atoms with Gasteiger partial charge in [0.15, 0.2) is 0 Å². The molecular weight excluding hydrogens is 240 g/mol. The zero-order valence-corrected chi connectivity index (χ0v) is 12.1. The SMILES string of the molecule is C=CCC(C)(C)CNc1n[nH]c(C2CCOC2C)n1. The van der Waals surface area contributed by atoms with Crippen molar-refractivity contribution in [2.24, 2.45) is 5.41 Å². The van der Waals surface area contributed by atoms with E-state index < -0.39 is 0 Å². The molecule has 0 radical (unpaired) electrons. The molecule has 2 heterocycles. The summed E-state index contributed by atoms with van der Waals surface area (Å²) in [5.74, 6) is 1.93. The minimum atomic E-state index is 0.159. The molecule has 1 saturated heterocycles. The number of hydrogen-bond acceptors (Lipinski definition) is 4. The zero-order chi connectivity index (χ0) is 13.9. The van der Waals surface area contributed by atoms with Crippen molar-refractivity contribution in [2.75, 3.05) is 18.5 Å². The largest absolute Gasteiger partial charge is 0.378 e. The van der Waals surface area contributed by atoms with Crippen LogP contribution in [0.5, 0.6) is 0 Å². The fourth-order valence-corrected chi connectivity index (χ4v) is 2.39. The van der Waals surface area contributed by atoms with E-state index in [0.717, 1.165) is 31.8 Å². The zero-order valence-electron chi connectivity index (χ0n) is 12.1. The van der Waals surface area contributed by atoms with Crippen molar-refractivity contribution in [1.82, 2.24) is 15.2 Å². The summed E-state index contributed by atoms with van der Waals surface area (Å²) < 4.78 is 5.56. The maximum atomic E-state index is 5.56. The van der Waals surface area contributed by atoms with Gasteiger partial charge in [-0.1, -0.05) is 19.9 Å². The minimum Gasteiger partial charge on any atom is -0.378 e. The fraction of sp³-hybridized carbons (Fsp3) is 0.714. The van der Waals surface area contributed by atoms with Gasteiger partial charge in [0.25, 0.3) is 0 Å². The lowest BCUT2D eigenvalue weighted by atomic mass is 9.89. The molecule has 0 aromatic carbocycles. The smallest absolute Gasteiger partial charge is 0.242 e. The molecule has 2 N–H and O–H groups in total. The van der Waals surface area contributed by atoms with Crippen LogP contribution in [0.25, 0.3) is 0 Å². The van der Waals surface area contributed by atoms with Gasteiger partial charge in [-0.2, -0.15) is 4.98 Å². The van der Waals surface area contributed by atoms with Gasteiger partial charge in [-0.15, -0.1) is 11.7 Å². The molecule has 0 spiro atoms. The van der Waals surface area contributed by atoms with Gasteiger partial charge >= 0.3 is 0 Å². The summed E-state index contributed by atoms with van der Waals surface area (Å²) >= 11 is 0. The van der Waals surface area contributed by atoms with Crippen LogP contribution in [0.1, 0.15) is 45.4 Å². The van der Waals surface area contributed by atoms with E-state index in [4.69, 9.17) is 4.74 Å². The lowest BCUT2D eigenvalue weighted by molar-refractivity contribution is 0.117. The summed E-state index contributed by atoms with van der Waals surface area (Å²) in [4.78, 5) is 4.52. The number of aromatic amines is 1. The molecule has 0 aliphatic carbocycles. The molecule has 106 valence electrons. The highest BCUT2D eigenvalue weighted by Gasteiger charge is 2.28. The molecule has 5 heteroatoms. The van der Waals surface area contributed by atoms with E-state index in [-0.39, 0.29) is 11.5 Å². The molecule has 1 aromatic rings. The van der Waals surface area contributed by atoms with Crippen molar-refractivity contribution in [1.29, 1.82) is 0 Å². The van der Waals surface area contributed by atoms with E-state index in [9.17, 15) is 0 Å². The predicted molar refractivity (Wildman–Crippen MR) is 76.2 cm³/mol. The third-order valence-electron chi connectivity index (χ3n) is 3.65. The number of anilines is 1. The van der Waals surface area contributed by atoms with Crippen LogP contribution in [-0.2, 0) is 4.74 Å². The highest BCUT2D eigenvalue weighted by molar-refractivity contribution is 5.24. The molecule has 5 nitrogen and oxygen atoms in total. The van der Waals surface area contributed by atoms with Crippen molar-refractivity contribution in [2.45, 2.75) is 45.6 Å². The van der Waals surface area contributed by atoms with E-state index in [0.29, 0.717) is 11.9 Å². The van der Waals surface area contributed by atoms with Gasteiger partial charge in [0, 0.05) is 19.1 Å². The summed E-state index contributed by atoms with van der Waals surface area (Å²) in [5.41, 5.74) is 0.159. The van der Waals surface area contributed by atoms with Crippen LogP contribution in [0.3, 0.4) is 0 Å². The van der Waals surface area contributed by atoms with Crippen LogP contribution in [0.4, 0.5) is 5.95 Å². The highest BCUT2D eigenvalue weighted by Crippen LogP contribution is 2.29. The molecule has 2 rings (SSSR count). The maximum Gasteiger partial charge on any atom is 0.242 e. The van der Waals surface area contributed by atoms with Gasteiger partial charge in [0.1, 0.15) is 5.82 Å². The third-order valence-corrected chi connectivity index (χ3v) is 3.65. The lowest BCUT2D eigenvalue weighted by Gasteiger charge is -2.22. The van der Waals surface area contributed by atoms with Crippen molar-refractivity contribution < 1.29 is 4.74 Å². The van der Waals surface area contributed by atoms with Gasteiger partial charge in [-0.25, -0.2) is 0 Å². The van der Waals surface area contributed by atoms with Gasteiger partial charge in [0.2, 0.25) is 5.95 Å². The average molecular weight is 264 g/mol. The van der Waals surface area contributed by atoms with E-state index in [1.807, 2.05) is 6.08 Å². The molecule has 1 aliphatic rings. The first kappa shape index (κ1) is 14.1. The number of rotatable bonds is 6. The second kappa shape index (κ2) is 5.74. The topological polar surface area (TPSA) is 62.8 Å². The molecule has 0 amide bonds. The number of hydrogen-bond donors (Lipinski definition) is 2. The Morgan fingerprint density at radius 3 is 3.00 bits per heavy atom. The first-order valence-corrected chi connectivity index (χ1v) is 6.90. The standard InChI is InChI=1S/C14H24N4O/c1-5-7-14(3,4)9-15-13-16-12(17-18-13)11-6-8-19-10(11)2/h5,10-11H,1,6-9H2,2-4H3,(H2,15,16,17,18). The molecule has 19 heavy (non-hydrogen) atoms. The molecule has 2 atom stereocenters. The average Bonchev–Trinajstić information content (AvgIpc) is 2.95. The van der Waals surface area contributed by atoms with Crippen LogP contribution in [0.2, 0.25) is 0 Å². The van der Waals surface area contributed by atoms with E-state index in [2.05, 4.69) is 47.8 Å². The molecule has 0 saturated carbocycles. The van der Waals surface area contributed by atoms with Crippen molar-refractivity contribution in [3.05, 3.63) is 18.5 Å². The molecular formula is C14H24N4O. The number of H-pyrrole nitrogens is 1. The number of aromatic nitrogens is 3. The van der Waals surface area contributed by atoms with Crippen LogP contribution in [0, 0.1) is 5.41 Å². The normalized spacial score (nSPS) is 23.5. The second-order valence-corrected chi connectivity index (χ2v) is 6.03. The highest BCUT2D eigenvalue weighted by atomic mass is 16.5. The third kappa shape index (κ3) is 3.56. The Balaban J connectivity index is 1.92. The van der Waals surface area contributed by atoms with E-state index in [1.165, 1.54) is 0 Å².